The lowest BCUT2D eigenvalue weighted by Gasteiger charge is -2.12. The predicted octanol–water partition coefficient (Wildman–Crippen LogP) is 3.52. The average molecular weight is 279 g/mol. The van der Waals surface area contributed by atoms with E-state index in [4.69, 9.17) is 15.5 Å². The zero-order valence-electron chi connectivity index (χ0n) is 11.1. The molecule has 1 aromatic carbocycles. The normalized spacial score (nSPS) is 14.4. The zero-order valence-corrected chi connectivity index (χ0v) is 11.9. The molecule has 0 fully saturated rings. The fourth-order valence-corrected chi connectivity index (χ4v) is 2.74. The van der Waals surface area contributed by atoms with Gasteiger partial charge >= 0.3 is 0 Å². The SMILES string of the molecule is COc1ccc2nc3c(c(N)c2c1)CCCCC3.Cl. The Morgan fingerprint density at radius 3 is 2.74 bits per heavy atom. The van der Waals surface area contributed by atoms with Crippen LogP contribution in [-0.4, -0.2) is 12.1 Å². The highest BCUT2D eigenvalue weighted by Gasteiger charge is 2.15. The number of nitrogen functional groups attached to an aromatic ring is 1. The fraction of sp³-hybridized carbons (Fsp3) is 0.400. The first-order valence-electron chi connectivity index (χ1n) is 6.54. The first kappa shape index (κ1) is 13.9. The lowest BCUT2D eigenvalue weighted by atomic mass is 10.0. The summed E-state index contributed by atoms with van der Waals surface area (Å²) in [5.41, 5.74) is 10.7. The van der Waals surface area contributed by atoms with Crippen molar-refractivity contribution >= 4 is 29.0 Å². The first-order chi connectivity index (χ1) is 8.79. The summed E-state index contributed by atoms with van der Waals surface area (Å²) in [5.74, 6) is 0.838. The van der Waals surface area contributed by atoms with Crippen molar-refractivity contribution in [3.8, 4) is 5.75 Å². The Balaban J connectivity index is 0.00000133. The minimum atomic E-state index is 0. The van der Waals surface area contributed by atoms with Crippen LogP contribution in [0.3, 0.4) is 0 Å². The number of aromatic nitrogens is 1. The molecule has 0 bridgehead atoms. The molecular formula is C15H19ClN2O. The van der Waals surface area contributed by atoms with E-state index in [-0.39, 0.29) is 12.4 Å². The lowest BCUT2D eigenvalue weighted by molar-refractivity contribution is 0.415. The Morgan fingerprint density at radius 2 is 1.95 bits per heavy atom. The molecule has 1 aliphatic rings. The summed E-state index contributed by atoms with van der Waals surface area (Å²) in [6.45, 7) is 0. The van der Waals surface area contributed by atoms with Gasteiger partial charge in [-0.25, -0.2) is 0 Å². The van der Waals surface area contributed by atoms with Crippen molar-refractivity contribution in [2.45, 2.75) is 32.1 Å². The highest BCUT2D eigenvalue weighted by Crippen LogP contribution is 2.32. The van der Waals surface area contributed by atoms with E-state index in [9.17, 15) is 0 Å². The fourth-order valence-electron chi connectivity index (χ4n) is 2.74. The maximum absolute atomic E-state index is 6.34. The Morgan fingerprint density at radius 1 is 1.16 bits per heavy atom. The van der Waals surface area contributed by atoms with Crippen molar-refractivity contribution in [1.82, 2.24) is 4.98 Å². The van der Waals surface area contributed by atoms with E-state index in [0.29, 0.717) is 0 Å². The number of methoxy groups -OCH3 is 1. The monoisotopic (exact) mass is 278 g/mol. The number of rotatable bonds is 1. The number of nitrogens with two attached hydrogens (primary N) is 1. The molecule has 1 heterocycles. The maximum atomic E-state index is 6.34. The lowest BCUT2D eigenvalue weighted by Crippen LogP contribution is -2.03. The van der Waals surface area contributed by atoms with Gasteiger partial charge in [-0.15, -0.1) is 12.4 Å². The highest BCUT2D eigenvalue weighted by molar-refractivity contribution is 5.93. The number of hydrogen-bond donors (Lipinski definition) is 1. The third kappa shape index (κ3) is 2.47. The van der Waals surface area contributed by atoms with Gasteiger partial charge in [0.1, 0.15) is 5.75 Å². The number of pyridine rings is 1. The van der Waals surface area contributed by atoms with E-state index < -0.39 is 0 Å². The topological polar surface area (TPSA) is 48.1 Å². The molecule has 0 saturated carbocycles. The van der Waals surface area contributed by atoms with Crippen LogP contribution in [-0.2, 0) is 12.8 Å². The van der Waals surface area contributed by atoms with Crippen LogP contribution in [0.15, 0.2) is 18.2 Å². The second-order valence-corrected chi connectivity index (χ2v) is 4.89. The molecule has 19 heavy (non-hydrogen) atoms. The summed E-state index contributed by atoms with van der Waals surface area (Å²) < 4.78 is 5.26. The van der Waals surface area contributed by atoms with E-state index in [1.54, 1.807) is 7.11 Å². The van der Waals surface area contributed by atoms with Gasteiger partial charge in [-0.05, 0) is 49.4 Å². The van der Waals surface area contributed by atoms with Crippen molar-refractivity contribution in [3.05, 3.63) is 29.5 Å². The Hall–Kier alpha value is -1.48. The molecule has 2 N–H and O–H groups in total. The summed E-state index contributed by atoms with van der Waals surface area (Å²) in [4.78, 5) is 4.78. The quantitative estimate of drug-likeness (QED) is 0.812. The number of benzene rings is 1. The number of anilines is 1. The molecule has 3 nitrogen and oxygen atoms in total. The van der Waals surface area contributed by atoms with E-state index in [1.807, 2.05) is 18.2 Å². The molecular weight excluding hydrogens is 260 g/mol. The summed E-state index contributed by atoms with van der Waals surface area (Å²) in [5, 5.41) is 1.02. The van der Waals surface area contributed by atoms with Crippen molar-refractivity contribution in [3.63, 3.8) is 0 Å². The second kappa shape index (κ2) is 5.66. The molecule has 0 radical (unpaired) electrons. The minimum Gasteiger partial charge on any atom is -0.497 e. The first-order valence-corrected chi connectivity index (χ1v) is 6.54. The number of ether oxygens (including phenoxy) is 1. The van der Waals surface area contributed by atoms with Gasteiger partial charge < -0.3 is 10.5 Å². The van der Waals surface area contributed by atoms with Crippen LogP contribution in [0.4, 0.5) is 5.69 Å². The molecule has 0 aliphatic heterocycles. The number of aryl methyl sites for hydroxylation is 1. The number of halogens is 1. The standard InChI is InChI=1S/C15H18N2O.ClH/c1-18-10-7-8-14-12(9-10)15(16)11-5-3-2-4-6-13(11)17-14;/h7-9H,2-6H2,1H3,(H2,16,17);1H. The van der Waals surface area contributed by atoms with Crippen molar-refractivity contribution < 1.29 is 4.74 Å². The molecule has 1 aliphatic carbocycles. The third-order valence-corrected chi connectivity index (χ3v) is 3.76. The molecule has 0 saturated heterocycles. The van der Waals surface area contributed by atoms with Gasteiger partial charge in [0.05, 0.1) is 12.6 Å². The van der Waals surface area contributed by atoms with Crippen LogP contribution in [0.2, 0.25) is 0 Å². The van der Waals surface area contributed by atoms with Gasteiger partial charge in [0.2, 0.25) is 0 Å². The molecule has 1 aromatic heterocycles. The van der Waals surface area contributed by atoms with Crippen LogP contribution >= 0.6 is 12.4 Å². The van der Waals surface area contributed by atoms with Gasteiger partial charge in [-0.3, -0.25) is 4.98 Å². The van der Waals surface area contributed by atoms with Crippen LogP contribution in [0.1, 0.15) is 30.5 Å². The predicted molar refractivity (Wildman–Crippen MR) is 81.2 cm³/mol. The Labute approximate surface area is 119 Å². The largest absolute Gasteiger partial charge is 0.497 e. The van der Waals surface area contributed by atoms with Gasteiger partial charge in [-0.1, -0.05) is 6.42 Å². The second-order valence-electron chi connectivity index (χ2n) is 4.89. The molecule has 0 unspecified atom stereocenters. The molecule has 0 spiro atoms. The van der Waals surface area contributed by atoms with Crippen LogP contribution < -0.4 is 10.5 Å². The van der Waals surface area contributed by atoms with Gasteiger partial charge in [0.25, 0.3) is 0 Å². The average Bonchev–Trinajstić information content (AvgIpc) is 2.64. The van der Waals surface area contributed by atoms with E-state index in [2.05, 4.69) is 0 Å². The number of hydrogen-bond acceptors (Lipinski definition) is 3. The van der Waals surface area contributed by atoms with E-state index >= 15 is 0 Å². The van der Waals surface area contributed by atoms with Crippen molar-refractivity contribution in [2.24, 2.45) is 0 Å². The van der Waals surface area contributed by atoms with Gasteiger partial charge in [0, 0.05) is 16.8 Å². The number of fused-ring (bicyclic) bond motifs is 2. The molecule has 0 amide bonds. The minimum absolute atomic E-state index is 0. The van der Waals surface area contributed by atoms with E-state index in [0.717, 1.165) is 35.2 Å². The summed E-state index contributed by atoms with van der Waals surface area (Å²) in [6, 6.07) is 5.93. The van der Waals surface area contributed by atoms with Crippen LogP contribution in [0.25, 0.3) is 10.9 Å². The molecule has 2 aromatic rings. The summed E-state index contributed by atoms with van der Waals surface area (Å²) in [7, 11) is 1.67. The van der Waals surface area contributed by atoms with Gasteiger partial charge in [0.15, 0.2) is 0 Å². The molecule has 102 valence electrons. The van der Waals surface area contributed by atoms with E-state index in [1.165, 1.54) is 30.5 Å². The third-order valence-electron chi connectivity index (χ3n) is 3.76. The van der Waals surface area contributed by atoms with Crippen LogP contribution in [0.5, 0.6) is 5.75 Å². The smallest absolute Gasteiger partial charge is 0.119 e. The highest BCUT2D eigenvalue weighted by atomic mass is 35.5. The zero-order chi connectivity index (χ0) is 12.5. The maximum Gasteiger partial charge on any atom is 0.119 e. The van der Waals surface area contributed by atoms with Crippen LogP contribution in [0, 0.1) is 0 Å². The molecule has 4 heteroatoms. The molecule has 3 rings (SSSR count). The summed E-state index contributed by atoms with van der Waals surface area (Å²) in [6.07, 6.45) is 5.83. The van der Waals surface area contributed by atoms with Gasteiger partial charge in [-0.2, -0.15) is 0 Å². The Kier molecular flexibility index (Phi) is 4.15. The Bertz CT molecular complexity index is 598. The number of nitrogens with zero attached hydrogens (tertiary/aromatic N) is 1. The summed E-state index contributed by atoms with van der Waals surface area (Å²) >= 11 is 0. The molecule has 0 atom stereocenters. The van der Waals surface area contributed by atoms with Crippen molar-refractivity contribution in [1.29, 1.82) is 0 Å². The van der Waals surface area contributed by atoms with Crippen molar-refractivity contribution in [2.75, 3.05) is 12.8 Å².